The monoisotopic (exact) mass is 462 g/mol. The first kappa shape index (κ1) is 28.0. The number of halogens is 3. The molecule has 2 nitrogen and oxygen atoms in total. The summed E-state index contributed by atoms with van der Waals surface area (Å²) < 4.78 is 55.1. The van der Waals surface area contributed by atoms with E-state index >= 15 is 0 Å². The first-order valence-electron chi connectivity index (χ1n) is 13.5. The van der Waals surface area contributed by atoms with E-state index in [1.54, 1.807) is 0 Å². The van der Waals surface area contributed by atoms with Gasteiger partial charge < -0.3 is 9.47 Å². The van der Waals surface area contributed by atoms with Gasteiger partial charge in [-0.2, -0.15) is 0 Å². The number of ether oxygens (including phenoxy) is 2. The van der Waals surface area contributed by atoms with E-state index in [1.807, 2.05) is 0 Å². The van der Waals surface area contributed by atoms with Crippen LogP contribution in [0.25, 0.3) is 0 Å². The first-order chi connectivity index (χ1) is 15.4. The van der Waals surface area contributed by atoms with Crippen LogP contribution in [-0.4, -0.2) is 44.4 Å². The van der Waals surface area contributed by atoms with Crippen molar-refractivity contribution in [3.8, 4) is 0 Å². The zero-order chi connectivity index (χ0) is 23.5. The molecule has 2 saturated carbocycles. The van der Waals surface area contributed by atoms with E-state index in [-0.39, 0.29) is 5.92 Å². The van der Waals surface area contributed by atoms with Crippen LogP contribution in [0, 0.1) is 23.7 Å². The minimum absolute atomic E-state index is 0.146. The lowest BCUT2D eigenvalue weighted by Gasteiger charge is -2.46. The van der Waals surface area contributed by atoms with Crippen molar-refractivity contribution in [3.63, 3.8) is 0 Å². The number of hydrogen-bond acceptors (Lipinski definition) is 2. The molecule has 5 heteroatoms. The molecular weight excluding hydrogens is 413 g/mol. The fourth-order valence-electron chi connectivity index (χ4n) is 6.21. The van der Waals surface area contributed by atoms with Crippen molar-refractivity contribution >= 4 is 0 Å². The molecule has 32 heavy (non-hydrogen) atoms. The van der Waals surface area contributed by atoms with Gasteiger partial charge in [0, 0.05) is 19.6 Å². The van der Waals surface area contributed by atoms with Crippen LogP contribution in [0.2, 0.25) is 0 Å². The summed E-state index contributed by atoms with van der Waals surface area (Å²) in [4.78, 5) is 0. The van der Waals surface area contributed by atoms with Gasteiger partial charge in [-0.15, -0.1) is 0 Å². The van der Waals surface area contributed by atoms with Crippen LogP contribution >= 0.6 is 0 Å². The van der Waals surface area contributed by atoms with Crippen LogP contribution in [0.1, 0.15) is 104 Å². The first-order valence-corrected chi connectivity index (χ1v) is 13.5. The summed E-state index contributed by atoms with van der Waals surface area (Å²) in [6.07, 6.45) is 7.59. The Kier molecular flexibility index (Phi) is 13.0. The van der Waals surface area contributed by atoms with E-state index in [2.05, 4.69) is 20.8 Å². The lowest BCUT2D eigenvalue weighted by Crippen LogP contribution is -2.55. The van der Waals surface area contributed by atoms with Crippen LogP contribution in [0.3, 0.4) is 0 Å². The lowest BCUT2D eigenvalue weighted by atomic mass is 9.66. The highest BCUT2D eigenvalue weighted by atomic mass is 19.2. The standard InChI is InChI=1S/C27H49F3O2/c1-5-10-19(3)12-9-14-20(11-6-2)13-7-8-17-32-23-18-21-15-16-22(31-4)25(28)24(21)27(30)26(23)29/h19-27H,5-18H2,1-4H3. The molecule has 0 spiro atoms. The second kappa shape index (κ2) is 14.9. The van der Waals surface area contributed by atoms with Crippen molar-refractivity contribution in [1.82, 2.24) is 0 Å². The molecule has 0 heterocycles. The van der Waals surface area contributed by atoms with E-state index < -0.39 is 36.6 Å². The van der Waals surface area contributed by atoms with Crippen molar-refractivity contribution in [2.24, 2.45) is 23.7 Å². The molecule has 0 radical (unpaired) electrons. The van der Waals surface area contributed by atoms with Crippen LogP contribution in [0.5, 0.6) is 0 Å². The van der Waals surface area contributed by atoms with E-state index in [0.29, 0.717) is 25.9 Å². The molecule has 9 atom stereocenters. The van der Waals surface area contributed by atoms with E-state index in [9.17, 15) is 13.2 Å². The van der Waals surface area contributed by atoms with Gasteiger partial charge in [-0.05, 0) is 43.4 Å². The molecule has 2 aliphatic rings. The van der Waals surface area contributed by atoms with Crippen molar-refractivity contribution in [2.45, 2.75) is 135 Å². The third kappa shape index (κ3) is 8.18. The Hall–Kier alpha value is -0.290. The van der Waals surface area contributed by atoms with Gasteiger partial charge in [0.15, 0.2) is 6.17 Å². The van der Waals surface area contributed by atoms with Crippen LogP contribution < -0.4 is 0 Å². The number of methoxy groups -OCH3 is 1. The topological polar surface area (TPSA) is 18.5 Å². The highest BCUT2D eigenvalue weighted by Gasteiger charge is 2.53. The molecule has 2 rings (SSSR count). The van der Waals surface area contributed by atoms with Gasteiger partial charge in [0.05, 0.1) is 12.2 Å². The van der Waals surface area contributed by atoms with Gasteiger partial charge in [0.2, 0.25) is 0 Å². The predicted molar refractivity (Wildman–Crippen MR) is 126 cm³/mol. The van der Waals surface area contributed by atoms with Gasteiger partial charge in [0.1, 0.15) is 12.3 Å². The largest absolute Gasteiger partial charge is 0.378 e. The number of unbranched alkanes of at least 4 members (excludes halogenated alkanes) is 1. The quantitative estimate of drug-likeness (QED) is 0.229. The summed E-state index contributed by atoms with van der Waals surface area (Å²) in [6.45, 7) is 7.34. The fourth-order valence-corrected chi connectivity index (χ4v) is 6.21. The van der Waals surface area contributed by atoms with Gasteiger partial charge in [-0.1, -0.05) is 78.6 Å². The molecule has 0 aromatic heterocycles. The van der Waals surface area contributed by atoms with Gasteiger partial charge in [0.25, 0.3) is 0 Å². The van der Waals surface area contributed by atoms with Crippen molar-refractivity contribution < 1.29 is 22.6 Å². The Labute approximate surface area is 195 Å². The lowest BCUT2D eigenvalue weighted by molar-refractivity contribution is -0.146. The summed E-state index contributed by atoms with van der Waals surface area (Å²) in [6, 6.07) is 0. The Morgan fingerprint density at radius 1 is 0.781 bits per heavy atom. The second-order valence-corrected chi connectivity index (χ2v) is 10.6. The number of alkyl halides is 3. The molecule has 0 bridgehead atoms. The SMILES string of the molecule is CCCC(C)CCCC(CCC)CCCCOC1CC2CCC(OC)C(F)C2C(F)C1F. The maximum absolute atomic E-state index is 14.8. The Bertz CT molecular complexity index is 490. The summed E-state index contributed by atoms with van der Waals surface area (Å²) in [5.41, 5.74) is 0. The Morgan fingerprint density at radius 3 is 2.19 bits per heavy atom. The third-order valence-corrected chi connectivity index (χ3v) is 8.08. The van der Waals surface area contributed by atoms with Gasteiger partial charge >= 0.3 is 0 Å². The minimum atomic E-state index is -1.80. The number of rotatable bonds is 15. The highest BCUT2D eigenvalue weighted by molar-refractivity contribution is 5.01. The summed E-state index contributed by atoms with van der Waals surface area (Å²) in [5, 5.41) is 0. The molecule has 0 amide bonds. The molecule has 2 fully saturated rings. The van der Waals surface area contributed by atoms with Gasteiger partial charge in [-0.3, -0.25) is 0 Å². The summed E-state index contributed by atoms with van der Waals surface area (Å²) in [7, 11) is 1.45. The molecule has 0 aliphatic heterocycles. The van der Waals surface area contributed by atoms with Crippen molar-refractivity contribution in [2.75, 3.05) is 13.7 Å². The average molecular weight is 463 g/mol. The molecule has 190 valence electrons. The Balaban J connectivity index is 1.68. The van der Waals surface area contributed by atoms with Crippen LogP contribution in [-0.2, 0) is 9.47 Å². The normalized spacial score (nSPS) is 34.8. The molecule has 2 aliphatic carbocycles. The van der Waals surface area contributed by atoms with Crippen molar-refractivity contribution in [1.29, 1.82) is 0 Å². The van der Waals surface area contributed by atoms with E-state index in [0.717, 1.165) is 24.7 Å². The van der Waals surface area contributed by atoms with Crippen LogP contribution in [0.4, 0.5) is 13.2 Å². The maximum atomic E-state index is 14.8. The Morgan fingerprint density at radius 2 is 1.50 bits per heavy atom. The number of fused-ring (bicyclic) bond motifs is 1. The average Bonchev–Trinajstić information content (AvgIpc) is 2.77. The molecule has 0 saturated heterocycles. The molecule has 0 aromatic carbocycles. The summed E-state index contributed by atoms with van der Waals surface area (Å²) >= 11 is 0. The zero-order valence-electron chi connectivity index (χ0n) is 21.0. The minimum Gasteiger partial charge on any atom is -0.378 e. The van der Waals surface area contributed by atoms with E-state index in [1.165, 1.54) is 58.5 Å². The zero-order valence-corrected chi connectivity index (χ0v) is 21.0. The maximum Gasteiger partial charge on any atom is 0.157 e. The molecule has 0 aromatic rings. The van der Waals surface area contributed by atoms with Gasteiger partial charge in [-0.25, -0.2) is 13.2 Å². The summed E-state index contributed by atoms with van der Waals surface area (Å²) in [5.74, 6) is 0.563. The number of hydrogen-bond donors (Lipinski definition) is 0. The van der Waals surface area contributed by atoms with Crippen LogP contribution in [0.15, 0.2) is 0 Å². The fraction of sp³-hybridized carbons (Fsp3) is 1.00. The highest BCUT2D eigenvalue weighted by Crippen LogP contribution is 2.46. The molecule has 0 N–H and O–H groups in total. The predicted octanol–water partition coefficient (Wildman–Crippen LogP) is 8.02. The molecular formula is C27H49F3O2. The molecule has 9 unspecified atom stereocenters. The van der Waals surface area contributed by atoms with Crippen molar-refractivity contribution in [3.05, 3.63) is 0 Å². The smallest absolute Gasteiger partial charge is 0.157 e. The van der Waals surface area contributed by atoms with E-state index in [4.69, 9.17) is 9.47 Å². The second-order valence-electron chi connectivity index (χ2n) is 10.6. The third-order valence-electron chi connectivity index (χ3n) is 8.08.